The van der Waals surface area contributed by atoms with Gasteiger partial charge in [-0.2, -0.15) is 0 Å². The quantitative estimate of drug-likeness (QED) is 0.743. The number of hydrogen-bond acceptors (Lipinski definition) is 5. The maximum Gasteiger partial charge on any atom is 0.305 e. The van der Waals surface area contributed by atoms with Crippen LogP contribution in [-0.2, 0) is 4.79 Å². The molecule has 108 valence electrons. The molecule has 2 rings (SSSR count). The average molecular weight is 278 g/mol. The van der Waals surface area contributed by atoms with Crippen LogP contribution >= 0.6 is 0 Å². The standard InChI is InChI=1S/C13H18N4O3/c14-11(20)10-12(16-7-6-15-10)17-13(8-9(18)19)4-2-1-3-5-13/h6-7H,1-5,8H2,(H2,14,20)(H,16,17)(H,18,19). The number of anilines is 1. The minimum Gasteiger partial charge on any atom is -0.481 e. The van der Waals surface area contributed by atoms with Gasteiger partial charge in [0.1, 0.15) is 0 Å². The molecule has 1 heterocycles. The normalized spacial score (nSPS) is 17.4. The molecule has 1 saturated carbocycles. The van der Waals surface area contributed by atoms with Crippen LogP contribution in [0.4, 0.5) is 5.82 Å². The van der Waals surface area contributed by atoms with Crippen LogP contribution in [0.2, 0.25) is 0 Å². The van der Waals surface area contributed by atoms with Crippen LogP contribution in [0.3, 0.4) is 0 Å². The summed E-state index contributed by atoms with van der Waals surface area (Å²) in [5, 5.41) is 12.2. The van der Waals surface area contributed by atoms with Gasteiger partial charge >= 0.3 is 5.97 Å². The van der Waals surface area contributed by atoms with Crippen molar-refractivity contribution in [2.24, 2.45) is 5.73 Å². The van der Waals surface area contributed by atoms with Crippen LogP contribution in [0.1, 0.15) is 49.0 Å². The lowest BCUT2D eigenvalue weighted by Gasteiger charge is -2.37. The largest absolute Gasteiger partial charge is 0.481 e. The van der Waals surface area contributed by atoms with Gasteiger partial charge in [-0.1, -0.05) is 19.3 Å². The summed E-state index contributed by atoms with van der Waals surface area (Å²) in [5.74, 6) is -1.28. The Bertz CT molecular complexity index is 512. The summed E-state index contributed by atoms with van der Waals surface area (Å²) in [5.41, 5.74) is 4.73. The van der Waals surface area contributed by atoms with E-state index in [2.05, 4.69) is 15.3 Å². The van der Waals surface area contributed by atoms with E-state index in [1.54, 1.807) is 0 Å². The number of rotatable bonds is 5. The highest BCUT2D eigenvalue weighted by Crippen LogP contribution is 2.34. The first kappa shape index (κ1) is 14.2. The zero-order valence-electron chi connectivity index (χ0n) is 11.1. The molecule has 1 aliphatic rings. The Morgan fingerprint density at radius 1 is 1.25 bits per heavy atom. The third-order valence-electron chi connectivity index (χ3n) is 3.62. The third kappa shape index (κ3) is 3.23. The topological polar surface area (TPSA) is 118 Å². The number of amides is 1. The Balaban J connectivity index is 2.28. The number of nitrogens with two attached hydrogens (primary N) is 1. The first-order valence-corrected chi connectivity index (χ1v) is 6.63. The number of nitrogens with one attached hydrogen (secondary N) is 1. The molecule has 0 radical (unpaired) electrons. The van der Waals surface area contributed by atoms with Gasteiger partial charge in [-0.15, -0.1) is 0 Å². The van der Waals surface area contributed by atoms with Gasteiger partial charge in [0.25, 0.3) is 5.91 Å². The molecule has 1 fully saturated rings. The molecule has 0 spiro atoms. The molecule has 1 aromatic heterocycles. The number of carboxylic acid groups (broad SMARTS) is 1. The fraction of sp³-hybridized carbons (Fsp3) is 0.538. The molecule has 7 nitrogen and oxygen atoms in total. The van der Waals surface area contributed by atoms with Crippen molar-refractivity contribution in [3.8, 4) is 0 Å². The Morgan fingerprint density at radius 3 is 2.50 bits per heavy atom. The van der Waals surface area contributed by atoms with Crippen LogP contribution in [0.15, 0.2) is 12.4 Å². The third-order valence-corrected chi connectivity index (χ3v) is 3.62. The molecule has 1 amide bonds. The Morgan fingerprint density at radius 2 is 1.90 bits per heavy atom. The van der Waals surface area contributed by atoms with Crippen molar-refractivity contribution in [1.29, 1.82) is 0 Å². The Hall–Kier alpha value is -2.18. The summed E-state index contributed by atoms with van der Waals surface area (Å²) in [6.07, 6.45) is 7.27. The molecule has 4 N–H and O–H groups in total. The van der Waals surface area contributed by atoms with Gasteiger partial charge in [0.05, 0.1) is 6.42 Å². The first-order valence-electron chi connectivity index (χ1n) is 6.63. The predicted octanol–water partition coefficient (Wildman–Crippen LogP) is 1.16. The highest BCUT2D eigenvalue weighted by Gasteiger charge is 2.35. The van der Waals surface area contributed by atoms with Crippen molar-refractivity contribution in [2.45, 2.75) is 44.1 Å². The van der Waals surface area contributed by atoms with Gasteiger partial charge in [-0.05, 0) is 12.8 Å². The number of carbonyl (C=O) groups excluding carboxylic acids is 1. The summed E-state index contributed by atoms with van der Waals surface area (Å²) < 4.78 is 0. The smallest absolute Gasteiger partial charge is 0.305 e. The summed E-state index contributed by atoms with van der Waals surface area (Å²) in [4.78, 5) is 30.5. The second kappa shape index (κ2) is 5.85. The summed E-state index contributed by atoms with van der Waals surface area (Å²) >= 11 is 0. The SMILES string of the molecule is NC(=O)c1nccnc1NC1(CC(=O)O)CCCCC1. The molecular formula is C13H18N4O3. The zero-order chi connectivity index (χ0) is 14.6. The number of carbonyl (C=O) groups is 2. The molecule has 0 saturated heterocycles. The van der Waals surface area contributed by atoms with Gasteiger partial charge in [-0.3, -0.25) is 9.59 Å². The molecule has 0 unspecified atom stereocenters. The lowest BCUT2D eigenvalue weighted by Crippen LogP contribution is -2.43. The van der Waals surface area contributed by atoms with Gasteiger partial charge in [0, 0.05) is 17.9 Å². The molecule has 1 aromatic rings. The lowest BCUT2D eigenvalue weighted by molar-refractivity contribution is -0.138. The lowest BCUT2D eigenvalue weighted by atomic mass is 9.79. The van der Waals surface area contributed by atoms with E-state index in [4.69, 9.17) is 10.8 Å². The fourth-order valence-corrected chi connectivity index (χ4v) is 2.72. The predicted molar refractivity (Wildman–Crippen MR) is 72.2 cm³/mol. The van der Waals surface area contributed by atoms with Crippen molar-refractivity contribution >= 4 is 17.7 Å². The molecule has 0 atom stereocenters. The van der Waals surface area contributed by atoms with Crippen molar-refractivity contribution in [2.75, 3.05) is 5.32 Å². The number of aliphatic carboxylic acids is 1. The molecule has 0 bridgehead atoms. The highest BCUT2D eigenvalue weighted by atomic mass is 16.4. The summed E-state index contributed by atoms with van der Waals surface area (Å²) in [6.45, 7) is 0. The number of hydrogen-bond donors (Lipinski definition) is 3. The van der Waals surface area contributed by atoms with Gasteiger partial charge in [0.15, 0.2) is 11.5 Å². The van der Waals surface area contributed by atoms with Crippen molar-refractivity contribution in [1.82, 2.24) is 9.97 Å². The van der Waals surface area contributed by atoms with E-state index >= 15 is 0 Å². The van der Waals surface area contributed by atoms with E-state index in [-0.39, 0.29) is 17.9 Å². The average Bonchev–Trinajstić information content (AvgIpc) is 2.39. The van der Waals surface area contributed by atoms with Gasteiger partial charge in [0.2, 0.25) is 0 Å². The molecule has 0 aliphatic heterocycles. The second-order valence-electron chi connectivity index (χ2n) is 5.15. The molecule has 7 heteroatoms. The monoisotopic (exact) mass is 278 g/mol. The molecule has 0 aromatic carbocycles. The summed E-state index contributed by atoms with van der Waals surface area (Å²) in [7, 11) is 0. The maximum absolute atomic E-state index is 11.4. The minimum atomic E-state index is -0.871. The Labute approximate surface area is 116 Å². The summed E-state index contributed by atoms with van der Waals surface area (Å²) in [6, 6.07) is 0. The van der Waals surface area contributed by atoms with Crippen LogP contribution in [-0.4, -0.2) is 32.5 Å². The number of carboxylic acids is 1. The van der Waals surface area contributed by atoms with Gasteiger partial charge in [-0.25, -0.2) is 9.97 Å². The van der Waals surface area contributed by atoms with Crippen LogP contribution in [0, 0.1) is 0 Å². The Kier molecular flexibility index (Phi) is 4.16. The van der Waals surface area contributed by atoms with E-state index in [1.807, 2.05) is 0 Å². The minimum absolute atomic E-state index is 0.0121. The molecule has 1 aliphatic carbocycles. The van der Waals surface area contributed by atoms with Gasteiger partial charge < -0.3 is 16.2 Å². The van der Waals surface area contributed by atoms with Crippen LogP contribution in [0.25, 0.3) is 0 Å². The van der Waals surface area contributed by atoms with Crippen molar-refractivity contribution in [3.63, 3.8) is 0 Å². The number of nitrogens with zero attached hydrogens (tertiary/aromatic N) is 2. The van der Waals surface area contributed by atoms with E-state index in [9.17, 15) is 9.59 Å². The van der Waals surface area contributed by atoms with E-state index in [1.165, 1.54) is 12.4 Å². The first-order chi connectivity index (χ1) is 9.52. The molecular weight excluding hydrogens is 260 g/mol. The highest BCUT2D eigenvalue weighted by molar-refractivity contribution is 5.95. The van der Waals surface area contributed by atoms with Crippen molar-refractivity contribution in [3.05, 3.63) is 18.1 Å². The fourth-order valence-electron chi connectivity index (χ4n) is 2.72. The van der Waals surface area contributed by atoms with E-state index in [0.29, 0.717) is 0 Å². The van der Waals surface area contributed by atoms with Crippen molar-refractivity contribution < 1.29 is 14.7 Å². The zero-order valence-corrected chi connectivity index (χ0v) is 11.1. The second-order valence-corrected chi connectivity index (χ2v) is 5.15. The number of primary amides is 1. The van der Waals surface area contributed by atoms with E-state index in [0.717, 1.165) is 32.1 Å². The molecule has 20 heavy (non-hydrogen) atoms. The van der Waals surface area contributed by atoms with E-state index < -0.39 is 17.4 Å². The van der Waals surface area contributed by atoms with Crippen LogP contribution < -0.4 is 11.1 Å². The number of aromatic nitrogens is 2. The van der Waals surface area contributed by atoms with Crippen LogP contribution in [0.5, 0.6) is 0 Å². The maximum atomic E-state index is 11.4.